The molecule has 1 atom stereocenters. The quantitative estimate of drug-likeness (QED) is 0.942. The Bertz CT molecular complexity index is 769. The number of rotatable bonds is 3. The largest absolute Gasteiger partial charge is 0.491 e. The molecule has 3 rings (SSSR count). The lowest BCUT2D eigenvalue weighted by Gasteiger charge is -2.14. The van der Waals surface area contributed by atoms with E-state index >= 15 is 0 Å². The molecule has 1 heterocycles. The summed E-state index contributed by atoms with van der Waals surface area (Å²) in [6.45, 7) is 0.430. The van der Waals surface area contributed by atoms with Gasteiger partial charge in [-0.2, -0.15) is 0 Å². The molecule has 0 saturated carbocycles. The van der Waals surface area contributed by atoms with Gasteiger partial charge in [0.1, 0.15) is 5.75 Å². The third kappa shape index (κ3) is 2.65. The van der Waals surface area contributed by atoms with Gasteiger partial charge in [-0.3, -0.25) is 9.59 Å². The van der Waals surface area contributed by atoms with Gasteiger partial charge in [-0.1, -0.05) is 30.3 Å². The van der Waals surface area contributed by atoms with E-state index in [2.05, 4.69) is 0 Å². The van der Waals surface area contributed by atoms with Gasteiger partial charge < -0.3 is 15.4 Å². The summed E-state index contributed by atoms with van der Waals surface area (Å²) in [6, 6.07) is 13.2. The first kappa shape index (κ1) is 15.1. The number of nitrogens with two attached hydrogens (primary N) is 1. The van der Waals surface area contributed by atoms with Crippen LogP contribution in [0.2, 0.25) is 0 Å². The second-order valence-electron chi connectivity index (χ2n) is 5.78. The maximum atomic E-state index is 12.3. The number of primary amides is 1. The van der Waals surface area contributed by atoms with Crippen molar-refractivity contribution in [3.05, 3.63) is 64.7 Å². The molecular formula is C18H18N2O3. The fourth-order valence-electron chi connectivity index (χ4n) is 2.85. The molecule has 23 heavy (non-hydrogen) atoms. The van der Waals surface area contributed by atoms with Gasteiger partial charge in [0.2, 0.25) is 0 Å². The summed E-state index contributed by atoms with van der Waals surface area (Å²) in [5.41, 5.74) is 8.08. The predicted molar refractivity (Wildman–Crippen MR) is 86.8 cm³/mol. The normalized spacial score (nSPS) is 15.7. The van der Waals surface area contributed by atoms with Crippen LogP contribution < -0.4 is 10.5 Å². The molecule has 0 bridgehead atoms. The van der Waals surface area contributed by atoms with Crippen molar-refractivity contribution in [2.24, 2.45) is 5.73 Å². The average molecular weight is 310 g/mol. The van der Waals surface area contributed by atoms with Gasteiger partial charge in [0.25, 0.3) is 11.8 Å². The number of hydrogen-bond donors (Lipinski definition) is 1. The summed E-state index contributed by atoms with van der Waals surface area (Å²) in [5, 5.41) is 0. The number of benzene rings is 2. The number of nitrogens with zero attached hydrogens (tertiary/aromatic N) is 1. The van der Waals surface area contributed by atoms with Crippen LogP contribution in [0, 0.1) is 0 Å². The number of carbonyl (C=O) groups is 2. The summed E-state index contributed by atoms with van der Waals surface area (Å²) < 4.78 is 5.73. The van der Waals surface area contributed by atoms with Crippen molar-refractivity contribution >= 4 is 11.8 Å². The minimum atomic E-state index is -0.594. The van der Waals surface area contributed by atoms with Crippen molar-refractivity contribution in [3.8, 4) is 5.75 Å². The Morgan fingerprint density at radius 2 is 1.87 bits per heavy atom. The van der Waals surface area contributed by atoms with Gasteiger partial charge in [-0.05, 0) is 17.7 Å². The summed E-state index contributed by atoms with van der Waals surface area (Å²) in [5.74, 6) is -0.293. The Kier molecular flexibility index (Phi) is 3.78. The van der Waals surface area contributed by atoms with Crippen LogP contribution in [0.5, 0.6) is 5.75 Å². The molecule has 0 fully saturated rings. The van der Waals surface area contributed by atoms with E-state index in [-0.39, 0.29) is 17.4 Å². The van der Waals surface area contributed by atoms with Gasteiger partial charge in [0, 0.05) is 31.1 Å². The lowest BCUT2D eigenvalue weighted by Crippen LogP contribution is -2.23. The molecule has 2 aromatic rings. The molecule has 2 amide bonds. The number of hydrogen-bond acceptors (Lipinski definition) is 3. The lowest BCUT2D eigenvalue weighted by atomic mass is 9.90. The molecule has 1 aliphatic rings. The van der Waals surface area contributed by atoms with Crippen molar-refractivity contribution < 1.29 is 14.3 Å². The van der Waals surface area contributed by atoms with E-state index in [1.165, 1.54) is 11.0 Å². The third-order valence-electron chi connectivity index (χ3n) is 4.01. The predicted octanol–water partition coefficient (Wildman–Crippen LogP) is 2.01. The highest BCUT2D eigenvalue weighted by molar-refractivity contribution is 6.01. The Labute approximate surface area is 134 Å². The third-order valence-corrected chi connectivity index (χ3v) is 4.01. The zero-order valence-electron chi connectivity index (χ0n) is 13.1. The van der Waals surface area contributed by atoms with Crippen molar-refractivity contribution in [2.45, 2.75) is 5.92 Å². The Balaban J connectivity index is 2.15. The fourth-order valence-corrected chi connectivity index (χ4v) is 2.85. The molecule has 118 valence electrons. The molecule has 0 saturated heterocycles. The Hall–Kier alpha value is -2.82. The van der Waals surface area contributed by atoms with E-state index < -0.39 is 5.91 Å². The van der Waals surface area contributed by atoms with Gasteiger partial charge >= 0.3 is 0 Å². The molecule has 2 aromatic carbocycles. The second kappa shape index (κ2) is 5.76. The van der Waals surface area contributed by atoms with Crippen LogP contribution in [-0.2, 0) is 0 Å². The van der Waals surface area contributed by atoms with E-state index in [0.29, 0.717) is 17.9 Å². The van der Waals surface area contributed by atoms with Gasteiger partial charge in [0.05, 0.1) is 12.2 Å². The number of amides is 2. The highest BCUT2D eigenvalue weighted by Crippen LogP contribution is 2.41. The van der Waals surface area contributed by atoms with Crippen LogP contribution in [0.3, 0.4) is 0 Å². The van der Waals surface area contributed by atoms with Crippen molar-refractivity contribution in [2.75, 3.05) is 20.7 Å². The highest BCUT2D eigenvalue weighted by atomic mass is 16.5. The van der Waals surface area contributed by atoms with E-state index in [0.717, 1.165) is 11.1 Å². The van der Waals surface area contributed by atoms with Gasteiger partial charge in [-0.15, -0.1) is 0 Å². The van der Waals surface area contributed by atoms with Crippen LogP contribution >= 0.6 is 0 Å². The zero-order valence-corrected chi connectivity index (χ0v) is 13.1. The smallest absolute Gasteiger partial charge is 0.253 e. The minimum Gasteiger partial charge on any atom is -0.491 e. The first-order valence-electron chi connectivity index (χ1n) is 7.36. The van der Waals surface area contributed by atoms with Crippen molar-refractivity contribution in [1.29, 1.82) is 0 Å². The first-order chi connectivity index (χ1) is 11.0. The number of fused-ring (bicyclic) bond motifs is 1. The lowest BCUT2D eigenvalue weighted by molar-refractivity contribution is 0.0827. The molecule has 0 aromatic heterocycles. The standard InChI is InChI=1S/C18H18N2O3/c1-20(2)18(22)12-8-13-15(11-6-4-3-5-7-11)10-23-16(13)14(9-12)17(19)21/h3-9,15H,10H2,1-2H3,(H2,19,21). The first-order valence-corrected chi connectivity index (χ1v) is 7.36. The van der Waals surface area contributed by atoms with Crippen LogP contribution in [-0.4, -0.2) is 37.4 Å². The average Bonchev–Trinajstić information content (AvgIpc) is 2.97. The maximum absolute atomic E-state index is 12.3. The summed E-state index contributed by atoms with van der Waals surface area (Å²) >= 11 is 0. The molecule has 5 nitrogen and oxygen atoms in total. The molecule has 0 aliphatic carbocycles. The number of ether oxygens (including phenoxy) is 1. The summed E-state index contributed by atoms with van der Waals surface area (Å²) in [7, 11) is 3.34. The molecule has 1 aliphatic heterocycles. The second-order valence-corrected chi connectivity index (χ2v) is 5.78. The SMILES string of the molecule is CN(C)C(=O)c1cc(C(N)=O)c2c(c1)C(c1ccccc1)CO2. The molecule has 2 N–H and O–H groups in total. The molecule has 1 unspecified atom stereocenters. The molecular weight excluding hydrogens is 292 g/mol. The minimum absolute atomic E-state index is 0.0146. The van der Waals surface area contributed by atoms with Crippen LogP contribution in [0.1, 0.15) is 37.8 Å². The van der Waals surface area contributed by atoms with Crippen LogP contribution in [0.4, 0.5) is 0 Å². The van der Waals surface area contributed by atoms with Crippen molar-refractivity contribution in [3.63, 3.8) is 0 Å². The van der Waals surface area contributed by atoms with E-state index in [9.17, 15) is 9.59 Å². The van der Waals surface area contributed by atoms with E-state index in [4.69, 9.17) is 10.5 Å². The molecule has 5 heteroatoms. The summed E-state index contributed by atoms with van der Waals surface area (Å²) in [6.07, 6.45) is 0. The number of carbonyl (C=O) groups excluding carboxylic acids is 2. The highest BCUT2D eigenvalue weighted by Gasteiger charge is 2.31. The van der Waals surface area contributed by atoms with E-state index in [1.54, 1.807) is 20.2 Å². The Morgan fingerprint density at radius 1 is 1.17 bits per heavy atom. The van der Waals surface area contributed by atoms with Crippen LogP contribution in [0.15, 0.2) is 42.5 Å². The molecule has 0 spiro atoms. The zero-order chi connectivity index (χ0) is 16.6. The van der Waals surface area contributed by atoms with Crippen LogP contribution in [0.25, 0.3) is 0 Å². The van der Waals surface area contributed by atoms with Gasteiger partial charge in [-0.25, -0.2) is 0 Å². The maximum Gasteiger partial charge on any atom is 0.253 e. The monoisotopic (exact) mass is 310 g/mol. The fraction of sp³-hybridized carbons (Fsp3) is 0.222. The van der Waals surface area contributed by atoms with E-state index in [1.807, 2.05) is 30.3 Å². The van der Waals surface area contributed by atoms with Crippen molar-refractivity contribution in [1.82, 2.24) is 4.90 Å². The Morgan fingerprint density at radius 3 is 2.48 bits per heavy atom. The topological polar surface area (TPSA) is 72.6 Å². The molecule has 0 radical (unpaired) electrons. The summed E-state index contributed by atoms with van der Waals surface area (Å²) in [4.78, 5) is 25.5. The van der Waals surface area contributed by atoms with Gasteiger partial charge in [0.15, 0.2) is 0 Å².